The molecule has 116 valence electrons. The van der Waals surface area contributed by atoms with Crippen LogP contribution in [0.15, 0.2) is 18.2 Å². The summed E-state index contributed by atoms with van der Waals surface area (Å²) in [6, 6.07) is 2.96. The second-order valence-corrected chi connectivity index (χ2v) is 4.85. The fourth-order valence-corrected chi connectivity index (χ4v) is 1.63. The average Bonchev–Trinajstić information content (AvgIpc) is 2.44. The van der Waals surface area contributed by atoms with Crippen LogP contribution in [-0.2, 0) is 11.3 Å². The van der Waals surface area contributed by atoms with Gasteiger partial charge in [0.25, 0.3) is 0 Å². The van der Waals surface area contributed by atoms with E-state index in [1.807, 2.05) is 6.92 Å². The Balaban J connectivity index is 2.27. The summed E-state index contributed by atoms with van der Waals surface area (Å²) < 4.78 is 25.7. The van der Waals surface area contributed by atoms with Gasteiger partial charge in [0, 0.05) is 19.5 Å². The molecule has 0 saturated heterocycles. The van der Waals surface area contributed by atoms with Crippen LogP contribution in [0.25, 0.3) is 0 Å². The molecule has 1 atom stereocenters. The molecule has 0 radical (unpaired) electrons. The van der Waals surface area contributed by atoms with E-state index in [4.69, 9.17) is 5.11 Å². The van der Waals surface area contributed by atoms with Gasteiger partial charge in [0.05, 0.1) is 0 Å². The van der Waals surface area contributed by atoms with Crippen LogP contribution in [0.2, 0.25) is 0 Å². The Bertz CT molecular complexity index is 509. The van der Waals surface area contributed by atoms with Crippen molar-refractivity contribution < 1.29 is 23.5 Å². The Labute approximate surface area is 121 Å². The Hall–Kier alpha value is -2.18. The molecular weight excluding hydrogens is 282 g/mol. The lowest BCUT2D eigenvalue weighted by Crippen LogP contribution is -2.37. The summed E-state index contributed by atoms with van der Waals surface area (Å²) in [6.07, 6.45) is 0.526. The molecule has 5 nitrogen and oxygen atoms in total. The number of hydrogen-bond donors (Lipinski definition) is 3. The highest BCUT2D eigenvalue weighted by Gasteiger charge is 2.08. The molecule has 0 saturated carbocycles. The number of carbonyl (C=O) groups is 2. The maximum Gasteiger partial charge on any atom is 0.315 e. The summed E-state index contributed by atoms with van der Waals surface area (Å²) in [6.45, 7) is 2.25. The fraction of sp³-hybridized carbons (Fsp3) is 0.429. The van der Waals surface area contributed by atoms with Gasteiger partial charge in [-0.25, -0.2) is 13.6 Å². The van der Waals surface area contributed by atoms with Gasteiger partial charge in [-0.3, -0.25) is 4.79 Å². The minimum atomic E-state index is -0.961. The van der Waals surface area contributed by atoms with Crippen molar-refractivity contribution in [3.05, 3.63) is 35.4 Å². The number of amides is 2. The molecule has 0 aromatic heterocycles. The van der Waals surface area contributed by atoms with Crippen molar-refractivity contribution in [3.8, 4) is 0 Å². The summed E-state index contributed by atoms with van der Waals surface area (Å²) >= 11 is 0. The molecule has 7 heteroatoms. The van der Waals surface area contributed by atoms with Crippen molar-refractivity contribution in [2.24, 2.45) is 5.92 Å². The number of carbonyl (C=O) groups excluding carboxylic acids is 1. The Morgan fingerprint density at radius 2 is 1.95 bits per heavy atom. The van der Waals surface area contributed by atoms with E-state index in [2.05, 4.69) is 10.6 Å². The van der Waals surface area contributed by atoms with E-state index in [1.165, 1.54) is 6.07 Å². The van der Waals surface area contributed by atoms with Gasteiger partial charge in [-0.05, 0) is 30.0 Å². The molecule has 1 rings (SSSR count). The third kappa shape index (κ3) is 6.69. The van der Waals surface area contributed by atoms with Gasteiger partial charge < -0.3 is 15.7 Å². The second-order valence-electron chi connectivity index (χ2n) is 4.85. The highest BCUT2D eigenvalue weighted by Crippen LogP contribution is 2.08. The molecule has 1 aromatic rings. The van der Waals surface area contributed by atoms with Crippen molar-refractivity contribution in [1.82, 2.24) is 10.6 Å². The van der Waals surface area contributed by atoms with E-state index in [-0.39, 0.29) is 18.9 Å². The number of aliphatic carboxylic acids is 1. The SMILES string of the molecule is CC(CCC(=O)O)CNC(=O)NCc1ccc(F)c(F)c1. The molecule has 1 unspecified atom stereocenters. The smallest absolute Gasteiger partial charge is 0.315 e. The summed E-state index contributed by atoms with van der Waals surface area (Å²) in [5.74, 6) is -2.73. The minimum absolute atomic E-state index is 0.0371. The summed E-state index contributed by atoms with van der Waals surface area (Å²) in [5, 5.41) is 13.6. The van der Waals surface area contributed by atoms with Gasteiger partial charge in [0.15, 0.2) is 11.6 Å². The van der Waals surface area contributed by atoms with Crippen molar-refractivity contribution >= 4 is 12.0 Å². The molecule has 21 heavy (non-hydrogen) atoms. The molecule has 0 spiro atoms. The molecule has 0 aliphatic carbocycles. The van der Waals surface area contributed by atoms with E-state index >= 15 is 0 Å². The highest BCUT2D eigenvalue weighted by molar-refractivity contribution is 5.73. The van der Waals surface area contributed by atoms with Gasteiger partial charge in [-0.2, -0.15) is 0 Å². The molecule has 3 N–H and O–H groups in total. The first-order valence-electron chi connectivity index (χ1n) is 6.56. The minimum Gasteiger partial charge on any atom is -0.481 e. The van der Waals surface area contributed by atoms with Crippen LogP contribution in [0.3, 0.4) is 0 Å². The highest BCUT2D eigenvalue weighted by atomic mass is 19.2. The van der Waals surface area contributed by atoms with Crippen LogP contribution < -0.4 is 10.6 Å². The van der Waals surface area contributed by atoms with Gasteiger partial charge in [-0.1, -0.05) is 13.0 Å². The topological polar surface area (TPSA) is 78.4 Å². The van der Waals surface area contributed by atoms with Crippen LogP contribution in [0.5, 0.6) is 0 Å². The van der Waals surface area contributed by atoms with Crippen molar-refractivity contribution in [3.63, 3.8) is 0 Å². The summed E-state index contributed by atoms with van der Waals surface area (Å²) in [4.78, 5) is 21.9. The van der Waals surface area contributed by atoms with Gasteiger partial charge in [0.2, 0.25) is 0 Å². The Morgan fingerprint density at radius 3 is 2.57 bits per heavy atom. The first-order chi connectivity index (χ1) is 9.88. The monoisotopic (exact) mass is 300 g/mol. The van der Waals surface area contributed by atoms with Crippen molar-refractivity contribution in [2.45, 2.75) is 26.3 Å². The molecule has 0 aliphatic heterocycles. The number of nitrogens with one attached hydrogen (secondary N) is 2. The molecule has 0 fully saturated rings. The van der Waals surface area contributed by atoms with Gasteiger partial charge in [-0.15, -0.1) is 0 Å². The molecular formula is C14H18F2N2O3. The van der Waals surface area contributed by atoms with Crippen LogP contribution in [0.1, 0.15) is 25.3 Å². The maximum absolute atomic E-state index is 13.0. The third-order valence-corrected chi connectivity index (χ3v) is 2.90. The number of hydrogen-bond acceptors (Lipinski definition) is 2. The van der Waals surface area contributed by atoms with E-state index in [0.717, 1.165) is 12.1 Å². The lowest BCUT2D eigenvalue weighted by atomic mass is 10.1. The van der Waals surface area contributed by atoms with Crippen LogP contribution in [0, 0.1) is 17.6 Å². The van der Waals surface area contributed by atoms with Gasteiger partial charge in [0.1, 0.15) is 0 Å². The van der Waals surface area contributed by atoms with Crippen molar-refractivity contribution in [2.75, 3.05) is 6.54 Å². The number of urea groups is 1. The first-order valence-corrected chi connectivity index (χ1v) is 6.56. The lowest BCUT2D eigenvalue weighted by molar-refractivity contribution is -0.137. The largest absolute Gasteiger partial charge is 0.481 e. The normalized spacial score (nSPS) is 11.8. The first kappa shape index (κ1) is 16.9. The number of carboxylic acid groups (broad SMARTS) is 1. The number of rotatable bonds is 7. The maximum atomic E-state index is 13.0. The predicted octanol–water partition coefficient (Wildman–Crippen LogP) is 2.26. The predicted molar refractivity (Wildman–Crippen MR) is 72.6 cm³/mol. The van der Waals surface area contributed by atoms with Crippen LogP contribution in [-0.4, -0.2) is 23.7 Å². The number of carboxylic acids is 1. The zero-order valence-corrected chi connectivity index (χ0v) is 11.7. The summed E-state index contributed by atoms with van der Waals surface area (Å²) in [7, 11) is 0. The lowest BCUT2D eigenvalue weighted by Gasteiger charge is -2.12. The molecule has 0 bridgehead atoms. The molecule has 1 aromatic carbocycles. The third-order valence-electron chi connectivity index (χ3n) is 2.90. The van der Waals surface area contributed by atoms with Crippen LogP contribution >= 0.6 is 0 Å². The van der Waals surface area contributed by atoms with E-state index in [1.54, 1.807) is 0 Å². The van der Waals surface area contributed by atoms with Gasteiger partial charge >= 0.3 is 12.0 Å². The number of benzene rings is 1. The number of halogens is 2. The van der Waals surface area contributed by atoms with E-state index < -0.39 is 23.6 Å². The van der Waals surface area contributed by atoms with Crippen LogP contribution in [0.4, 0.5) is 13.6 Å². The Morgan fingerprint density at radius 1 is 1.24 bits per heavy atom. The fourth-order valence-electron chi connectivity index (χ4n) is 1.63. The zero-order chi connectivity index (χ0) is 15.8. The molecule has 0 aliphatic rings. The molecule has 2 amide bonds. The van der Waals surface area contributed by atoms with Crippen molar-refractivity contribution in [1.29, 1.82) is 0 Å². The van der Waals surface area contributed by atoms with E-state index in [9.17, 15) is 18.4 Å². The quantitative estimate of drug-likeness (QED) is 0.723. The summed E-state index contributed by atoms with van der Waals surface area (Å²) in [5.41, 5.74) is 0.447. The average molecular weight is 300 g/mol. The zero-order valence-electron chi connectivity index (χ0n) is 11.7. The van der Waals surface area contributed by atoms with E-state index in [0.29, 0.717) is 18.5 Å². The molecule has 0 heterocycles. The Kier molecular flexibility index (Phi) is 6.58. The standard InChI is InChI=1S/C14H18F2N2O3/c1-9(2-5-13(19)20)7-17-14(21)18-8-10-3-4-11(15)12(16)6-10/h3-4,6,9H,2,5,7-8H2,1H3,(H,19,20)(H2,17,18,21). The second kappa shape index (κ2) is 8.18.